The van der Waals surface area contributed by atoms with Gasteiger partial charge in [-0.3, -0.25) is 20.2 Å². The number of hydrogen-bond donors (Lipinski definition) is 0. The largest absolute Gasteiger partial charge is 0.418 e. The van der Waals surface area contributed by atoms with Crippen molar-refractivity contribution in [2.45, 2.75) is 22.6 Å². The minimum Gasteiger partial charge on any atom is -0.418 e. The van der Waals surface area contributed by atoms with Crippen LogP contribution in [0.4, 0.5) is 11.4 Å². The molecule has 0 radical (unpaired) electrons. The molecule has 0 aliphatic rings. The number of nitro groups is 2. The summed E-state index contributed by atoms with van der Waals surface area (Å²) in [6.45, 7) is 0. The van der Waals surface area contributed by atoms with Crippen molar-refractivity contribution >= 4 is 56.8 Å². The summed E-state index contributed by atoms with van der Waals surface area (Å²) in [6.07, 6.45) is 1.24. The van der Waals surface area contributed by atoms with Crippen molar-refractivity contribution in [1.82, 2.24) is 0 Å². The topological polar surface area (TPSA) is 147 Å². The van der Waals surface area contributed by atoms with Gasteiger partial charge in [-0.1, -0.05) is 24.3 Å². The molecule has 2 aromatic heterocycles. The zero-order chi connectivity index (χ0) is 24.2. The van der Waals surface area contributed by atoms with Crippen molar-refractivity contribution in [2.24, 2.45) is 0 Å². The molecule has 0 saturated carbocycles. The first-order valence-corrected chi connectivity index (χ1v) is 12.0. The van der Waals surface area contributed by atoms with Crippen LogP contribution < -0.4 is 11.3 Å². The Bertz CT molecular complexity index is 1410. The van der Waals surface area contributed by atoms with Crippen molar-refractivity contribution in [3.05, 3.63) is 89.6 Å². The van der Waals surface area contributed by atoms with E-state index in [2.05, 4.69) is 0 Å². The van der Waals surface area contributed by atoms with E-state index >= 15 is 0 Å². The number of nitrogens with zero attached hydrogens (tertiary/aromatic N) is 2. The van der Waals surface area contributed by atoms with Crippen LogP contribution in [0.5, 0.6) is 0 Å². The van der Waals surface area contributed by atoms with Crippen molar-refractivity contribution in [3.63, 3.8) is 0 Å². The molecule has 4 rings (SSSR count). The summed E-state index contributed by atoms with van der Waals surface area (Å²) in [5.41, 5.74) is -2.61. The van der Waals surface area contributed by atoms with Crippen LogP contribution in [0.2, 0.25) is 0 Å². The van der Waals surface area contributed by atoms with Crippen LogP contribution in [0, 0.1) is 20.2 Å². The minimum absolute atomic E-state index is 0.256. The SMILES string of the molecule is O=c1oc2ccccc2c(SCCCCSc2c([N+](=O)[O-])c(=O)oc3ccccc23)c1[N+](=O)[O-]. The first-order valence-electron chi connectivity index (χ1n) is 10.0. The molecule has 0 unspecified atom stereocenters. The Morgan fingerprint density at radius 2 is 1.06 bits per heavy atom. The first kappa shape index (κ1) is 23.5. The molecule has 12 heteroatoms. The number of thioether (sulfide) groups is 2. The van der Waals surface area contributed by atoms with Gasteiger partial charge in [0.2, 0.25) is 0 Å². The van der Waals surface area contributed by atoms with Gasteiger partial charge in [0.15, 0.2) is 0 Å². The monoisotopic (exact) mass is 500 g/mol. The number of para-hydroxylation sites is 2. The summed E-state index contributed by atoms with van der Waals surface area (Å²) < 4.78 is 10.1. The molecular weight excluding hydrogens is 484 g/mol. The van der Waals surface area contributed by atoms with E-state index in [1.807, 2.05) is 0 Å². The van der Waals surface area contributed by atoms with Crippen molar-refractivity contribution in [1.29, 1.82) is 0 Å². The number of hydrogen-bond acceptors (Lipinski definition) is 10. The maximum atomic E-state index is 12.1. The van der Waals surface area contributed by atoms with E-state index in [9.17, 15) is 29.8 Å². The Labute approximate surface area is 199 Å². The van der Waals surface area contributed by atoms with Gasteiger partial charge in [-0.2, -0.15) is 0 Å². The van der Waals surface area contributed by atoms with Gasteiger partial charge in [0.25, 0.3) is 0 Å². The Balaban J connectivity index is 1.47. The Kier molecular flexibility index (Phi) is 6.98. The van der Waals surface area contributed by atoms with Gasteiger partial charge in [0, 0.05) is 10.8 Å². The molecule has 0 aliphatic heterocycles. The Hall–Kier alpha value is -3.64. The summed E-state index contributed by atoms with van der Waals surface area (Å²) in [4.78, 5) is 46.1. The molecule has 34 heavy (non-hydrogen) atoms. The van der Waals surface area contributed by atoms with Gasteiger partial charge < -0.3 is 8.83 Å². The highest BCUT2D eigenvalue weighted by Gasteiger charge is 2.26. The first-order chi connectivity index (χ1) is 16.4. The number of unbranched alkanes of at least 4 members (excludes halogenated alkanes) is 1. The van der Waals surface area contributed by atoms with Crippen molar-refractivity contribution in [3.8, 4) is 0 Å². The van der Waals surface area contributed by atoms with Gasteiger partial charge >= 0.3 is 22.6 Å². The molecule has 0 fully saturated rings. The molecule has 0 spiro atoms. The molecule has 0 N–H and O–H groups in total. The lowest BCUT2D eigenvalue weighted by atomic mass is 10.2. The Morgan fingerprint density at radius 3 is 1.44 bits per heavy atom. The van der Waals surface area contributed by atoms with E-state index in [0.717, 1.165) is 0 Å². The van der Waals surface area contributed by atoms with Crippen LogP contribution in [0.3, 0.4) is 0 Å². The second-order valence-electron chi connectivity index (χ2n) is 7.05. The van der Waals surface area contributed by atoms with E-state index in [1.54, 1.807) is 48.5 Å². The van der Waals surface area contributed by atoms with Gasteiger partial charge in [0.05, 0.1) is 9.85 Å². The molecule has 10 nitrogen and oxygen atoms in total. The quantitative estimate of drug-likeness (QED) is 0.0964. The second kappa shape index (κ2) is 10.1. The molecular formula is C22H16N2O8S2. The highest BCUT2D eigenvalue weighted by atomic mass is 32.2. The standard InChI is InChI=1S/C22H16N2O8S2/c25-21-17(23(27)28)19(13-7-1-3-9-15(13)31-21)33-11-5-6-12-34-20-14-8-2-4-10-16(14)32-22(26)18(20)24(29)30/h1-4,7-10H,5-6,11-12H2. The molecule has 0 aliphatic carbocycles. The lowest BCUT2D eigenvalue weighted by Gasteiger charge is -2.07. The molecule has 0 amide bonds. The van der Waals surface area contributed by atoms with Crippen molar-refractivity contribution < 1.29 is 18.7 Å². The molecule has 174 valence electrons. The van der Waals surface area contributed by atoms with Gasteiger partial charge in [-0.05, 0) is 48.6 Å². The lowest BCUT2D eigenvalue weighted by molar-refractivity contribution is -0.390. The average Bonchev–Trinajstić information content (AvgIpc) is 2.80. The molecule has 0 bridgehead atoms. The summed E-state index contributed by atoms with van der Waals surface area (Å²) in [5, 5.41) is 23.9. The minimum atomic E-state index is -0.996. The number of fused-ring (bicyclic) bond motifs is 2. The predicted molar refractivity (Wildman–Crippen MR) is 129 cm³/mol. The predicted octanol–water partition coefficient (Wildman–Crippen LogP) is 5.38. The maximum Gasteiger partial charge on any atom is 0.416 e. The van der Waals surface area contributed by atoms with E-state index in [1.165, 1.54) is 23.5 Å². The highest BCUT2D eigenvalue weighted by molar-refractivity contribution is 8.00. The molecule has 0 atom stereocenters. The van der Waals surface area contributed by atoms with Crippen LogP contribution in [0.15, 0.2) is 76.7 Å². The molecule has 4 aromatic rings. The fourth-order valence-electron chi connectivity index (χ4n) is 3.38. The van der Waals surface area contributed by atoms with Gasteiger partial charge in [-0.25, -0.2) is 9.59 Å². The van der Waals surface area contributed by atoms with E-state index < -0.39 is 32.5 Å². The summed E-state index contributed by atoms with van der Waals surface area (Å²) in [6, 6.07) is 13.2. The van der Waals surface area contributed by atoms with E-state index in [4.69, 9.17) is 8.83 Å². The van der Waals surface area contributed by atoms with Crippen LogP contribution in [-0.4, -0.2) is 21.4 Å². The summed E-state index contributed by atoms with van der Waals surface area (Å²) in [5.74, 6) is 0.962. The molecule has 2 heterocycles. The third-order valence-electron chi connectivity index (χ3n) is 4.88. The van der Waals surface area contributed by atoms with Crippen LogP contribution >= 0.6 is 23.5 Å². The zero-order valence-corrected chi connectivity index (χ0v) is 19.1. The Morgan fingerprint density at radius 1 is 0.676 bits per heavy atom. The van der Waals surface area contributed by atoms with E-state index in [-0.39, 0.29) is 21.0 Å². The fraction of sp³-hybridized carbons (Fsp3) is 0.182. The van der Waals surface area contributed by atoms with E-state index in [0.29, 0.717) is 35.1 Å². The molecule has 0 saturated heterocycles. The lowest BCUT2D eigenvalue weighted by Crippen LogP contribution is -2.09. The highest BCUT2D eigenvalue weighted by Crippen LogP contribution is 2.36. The average molecular weight is 501 g/mol. The van der Waals surface area contributed by atoms with Crippen LogP contribution in [0.1, 0.15) is 12.8 Å². The maximum absolute atomic E-state index is 12.1. The van der Waals surface area contributed by atoms with Gasteiger partial charge in [0.1, 0.15) is 21.0 Å². The van der Waals surface area contributed by atoms with Crippen LogP contribution in [0.25, 0.3) is 21.9 Å². The second-order valence-corrected chi connectivity index (χ2v) is 9.26. The third-order valence-corrected chi connectivity index (χ3v) is 7.27. The van der Waals surface area contributed by atoms with Crippen LogP contribution in [-0.2, 0) is 0 Å². The van der Waals surface area contributed by atoms with Gasteiger partial charge in [-0.15, -0.1) is 23.5 Å². The zero-order valence-electron chi connectivity index (χ0n) is 17.4. The van der Waals surface area contributed by atoms with Crippen molar-refractivity contribution in [2.75, 3.05) is 11.5 Å². The number of rotatable bonds is 9. The summed E-state index contributed by atoms with van der Waals surface area (Å²) in [7, 11) is 0. The fourth-order valence-corrected chi connectivity index (χ4v) is 5.73. The summed E-state index contributed by atoms with van der Waals surface area (Å²) >= 11 is 2.39. The smallest absolute Gasteiger partial charge is 0.416 e. The molecule has 2 aromatic carbocycles. The third kappa shape index (κ3) is 4.68. The normalized spacial score (nSPS) is 11.2. The number of benzene rings is 2.